The van der Waals surface area contributed by atoms with Crippen molar-refractivity contribution in [1.82, 2.24) is 5.32 Å². The molecule has 34 heavy (non-hydrogen) atoms. The van der Waals surface area contributed by atoms with E-state index in [2.05, 4.69) is 17.6 Å². The highest BCUT2D eigenvalue weighted by Crippen LogP contribution is 2.34. The van der Waals surface area contributed by atoms with Crippen LogP contribution in [0, 0.1) is 26.1 Å². The van der Waals surface area contributed by atoms with E-state index < -0.39 is 15.8 Å². The lowest BCUT2D eigenvalue weighted by molar-refractivity contribution is -0.384. The Morgan fingerprint density at radius 1 is 0.912 bits per heavy atom. The molecule has 2 aliphatic heterocycles. The number of amides is 1. The third kappa shape index (κ3) is 5.09. The van der Waals surface area contributed by atoms with E-state index in [9.17, 15) is 25.0 Å². The van der Waals surface area contributed by atoms with Gasteiger partial charge in [0.15, 0.2) is 0 Å². The minimum atomic E-state index is -0.564. The molecule has 0 radical (unpaired) electrons. The first-order valence-electron chi connectivity index (χ1n) is 11.4. The normalized spacial score (nSPS) is 16.9. The molecule has 2 fully saturated rings. The number of carbonyl (C=O) groups excluding carboxylic acids is 1. The summed E-state index contributed by atoms with van der Waals surface area (Å²) in [7, 11) is 0. The van der Waals surface area contributed by atoms with Gasteiger partial charge >= 0.3 is 0 Å². The van der Waals surface area contributed by atoms with Gasteiger partial charge in [0.25, 0.3) is 17.3 Å². The summed E-state index contributed by atoms with van der Waals surface area (Å²) in [5, 5.41) is 29.3. The van der Waals surface area contributed by atoms with E-state index in [4.69, 9.17) is 0 Å². The summed E-state index contributed by atoms with van der Waals surface area (Å²) in [5.74, 6) is 0.0218. The Balaban J connectivity index is 1.55. The zero-order valence-corrected chi connectivity index (χ0v) is 19.0. The van der Waals surface area contributed by atoms with Crippen LogP contribution in [0.1, 0.15) is 30.1 Å². The van der Waals surface area contributed by atoms with Crippen molar-refractivity contribution < 1.29 is 14.6 Å². The highest BCUT2D eigenvalue weighted by molar-refractivity contribution is 6.05. The quantitative estimate of drug-likeness (QED) is 0.487. The standard InChI is InChI=1S/C23H28N6O5/c1-16-6-10-26(11-7-16)19-4-2-17(14-21(19)28(31)32)23(30)25-18-3-5-20(22(15-18)29(33)34)27-12-8-24-9-13-27/h2-5,14-16,24H,6-13H2,1H3,(H,25,30). The minimum Gasteiger partial charge on any atom is -0.366 e. The Morgan fingerprint density at radius 2 is 1.47 bits per heavy atom. The van der Waals surface area contributed by atoms with Gasteiger partial charge in [0.2, 0.25) is 0 Å². The lowest BCUT2D eigenvalue weighted by Crippen LogP contribution is -2.43. The van der Waals surface area contributed by atoms with Crippen molar-refractivity contribution in [3.8, 4) is 0 Å². The zero-order chi connectivity index (χ0) is 24.2. The molecule has 2 aromatic rings. The van der Waals surface area contributed by atoms with E-state index in [1.165, 1.54) is 12.1 Å². The number of nitro groups is 2. The molecule has 2 saturated heterocycles. The number of benzene rings is 2. The smallest absolute Gasteiger partial charge is 0.294 e. The van der Waals surface area contributed by atoms with Crippen LogP contribution in [0.2, 0.25) is 0 Å². The van der Waals surface area contributed by atoms with Gasteiger partial charge in [-0.15, -0.1) is 0 Å². The molecule has 180 valence electrons. The van der Waals surface area contributed by atoms with Gasteiger partial charge < -0.3 is 20.4 Å². The summed E-state index contributed by atoms with van der Waals surface area (Å²) in [6.45, 7) is 6.41. The van der Waals surface area contributed by atoms with E-state index >= 15 is 0 Å². The summed E-state index contributed by atoms with van der Waals surface area (Å²) in [6, 6.07) is 9.00. The number of anilines is 3. The van der Waals surface area contributed by atoms with Gasteiger partial charge in [-0.3, -0.25) is 25.0 Å². The van der Waals surface area contributed by atoms with Gasteiger partial charge in [-0.05, 0) is 43.0 Å². The maximum atomic E-state index is 12.9. The Hall–Kier alpha value is -3.73. The number of hydrogen-bond acceptors (Lipinski definition) is 8. The van der Waals surface area contributed by atoms with E-state index in [1.54, 1.807) is 24.3 Å². The fourth-order valence-corrected chi connectivity index (χ4v) is 4.45. The van der Waals surface area contributed by atoms with E-state index in [0.717, 1.165) is 39.0 Å². The van der Waals surface area contributed by atoms with Gasteiger partial charge in [0.05, 0.1) is 9.85 Å². The Bertz CT molecular complexity index is 1090. The Labute approximate surface area is 197 Å². The molecule has 2 heterocycles. The molecule has 11 heteroatoms. The van der Waals surface area contributed by atoms with Gasteiger partial charge in [0, 0.05) is 62.7 Å². The second-order valence-electron chi connectivity index (χ2n) is 8.78. The zero-order valence-electron chi connectivity index (χ0n) is 19.0. The summed E-state index contributed by atoms with van der Waals surface area (Å²) in [4.78, 5) is 39.2. The monoisotopic (exact) mass is 468 g/mol. The number of carbonyl (C=O) groups is 1. The summed E-state index contributed by atoms with van der Waals surface area (Å²) in [6.07, 6.45) is 1.92. The lowest BCUT2D eigenvalue weighted by atomic mass is 9.98. The summed E-state index contributed by atoms with van der Waals surface area (Å²) >= 11 is 0. The number of nitrogens with zero attached hydrogens (tertiary/aromatic N) is 4. The third-order valence-corrected chi connectivity index (χ3v) is 6.45. The molecular weight excluding hydrogens is 440 g/mol. The van der Waals surface area contributed by atoms with Crippen LogP contribution in [0.5, 0.6) is 0 Å². The fourth-order valence-electron chi connectivity index (χ4n) is 4.45. The predicted molar refractivity (Wildman–Crippen MR) is 130 cm³/mol. The third-order valence-electron chi connectivity index (χ3n) is 6.45. The molecule has 2 aliphatic rings. The van der Waals surface area contributed by atoms with Gasteiger partial charge in [-0.25, -0.2) is 0 Å². The maximum absolute atomic E-state index is 12.9. The first kappa shape index (κ1) is 23.4. The molecule has 0 atom stereocenters. The van der Waals surface area contributed by atoms with Crippen LogP contribution >= 0.6 is 0 Å². The first-order valence-corrected chi connectivity index (χ1v) is 11.4. The molecule has 2 N–H and O–H groups in total. The number of nitrogens with one attached hydrogen (secondary N) is 2. The second-order valence-corrected chi connectivity index (χ2v) is 8.78. The van der Waals surface area contributed by atoms with Crippen molar-refractivity contribution in [1.29, 1.82) is 0 Å². The van der Waals surface area contributed by atoms with E-state index in [1.807, 2.05) is 9.80 Å². The number of nitro benzene ring substituents is 2. The van der Waals surface area contributed by atoms with Crippen molar-refractivity contribution in [3.05, 3.63) is 62.2 Å². The lowest BCUT2D eigenvalue weighted by Gasteiger charge is -2.31. The molecule has 0 aromatic heterocycles. The number of hydrogen-bond donors (Lipinski definition) is 2. The first-order chi connectivity index (χ1) is 16.3. The minimum absolute atomic E-state index is 0.0969. The average Bonchev–Trinajstić information content (AvgIpc) is 2.84. The molecule has 4 rings (SSSR count). The number of piperazine rings is 1. The highest BCUT2D eigenvalue weighted by atomic mass is 16.6. The maximum Gasteiger partial charge on any atom is 0.294 e. The van der Waals surface area contributed by atoms with Crippen LogP contribution < -0.4 is 20.4 Å². The average molecular weight is 469 g/mol. The molecular formula is C23H28N6O5. The molecule has 1 amide bonds. The molecule has 11 nitrogen and oxygen atoms in total. The van der Waals surface area contributed by atoms with E-state index in [-0.39, 0.29) is 22.6 Å². The van der Waals surface area contributed by atoms with Crippen molar-refractivity contribution in [2.45, 2.75) is 19.8 Å². The number of piperidine rings is 1. The molecule has 0 bridgehead atoms. The van der Waals surface area contributed by atoms with Gasteiger partial charge in [0.1, 0.15) is 11.4 Å². The predicted octanol–water partition coefficient (Wildman–Crippen LogP) is 3.40. The van der Waals surface area contributed by atoms with E-state index in [0.29, 0.717) is 30.4 Å². The van der Waals surface area contributed by atoms with Crippen LogP contribution in [-0.2, 0) is 0 Å². The molecule has 0 spiro atoms. The van der Waals surface area contributed by atoms with Crippen LogP contribution in [0.3, 0.4) is 0 Å². The SMILES string of the molecule is CC1CCN(c2ccc(C(=O)Nc3ccc(N4CCNCC4)c([N+](=O)[O-])c3)cc2[N+](=O)[O-])CC1. The second kappa shape index (κ2) is 10.0. The highest BCUT2D eigenvalue weighted by Gasteiger charge is 2.26. The van der Waals surface area contributed by atoms with Crippen LogP contribution in [0.4, 0.5) is 28.4 Å². The molecule has 0 aliphatic carbocycles. The summed E-state index contributed by atoms with van der Waals surface area (Å²) in [5.41, 5.74) is 1.16. The van der Waals surface area contributed by atoms with Crippen LogP contribution in [0.25, 0.3) is 0 Å². The summed E-state index contributed by atoms with van der Waals surface area (Å²) < 4.78 is 0. The molecule has 2 aromatic carbocycles. The Morgan fingerprint density at radius 3 is 2.09 bits per heavy atom. The Kier molecular flexibility index (Phi) is 6.92. The van der Waals surface area contributed by atoms with Crippen molar-refractivity contribution >= 4 is 34.3 Å². The number of rotatable bonds is 6. The van der Waals surface area contributed by atoms with Crippen molar-refractivity contribution in [2.75, 3.05) is 54.4 Å². The van der Waals surface area contributed by atoms with Gasteiger partial charge in [-0.1, -0.05) is 6.92 Å². The molecule has 0 saturated carbocycles. The van der Waals surface area contributed by atoms with Crippen molar-refractivity contribution in [3.63, 3.8) is 0 Å². The largest absolute Gasteiger partial charge is 0.366 e. The van der Waals surface area contributed by atoms with Crippen molar-refractivity contribution in [2.24, 2.45) is 5.92 Å². The molecule has 0 unspecified atom stereocenters. The van der Waals surface area contributed by atoms with Gasteiger partial charge in [-0.2, -0.15) is 0 Å². The fraction of sp³-hybridized carbons (Fsp3) is 0.435. The van der Waals surface area contributed by atoms with Crippen LogP contribution in [-0.4, -0.2) is 55.0 Å². The van der Waals surface area contributed by atoms with Crippen LogP contribution in [0.15, 0.2) is 36.4 Å². The topological polar surface area (TPSA) is 134 Å².